The van der Waals surface area contributed by atoms with Crippen molar-refractivity contribution in [2.45, 2.75) is 13.3 Å². The summed E-state index contributed by atoms with van der Waals surface area (Å²) < 4.78 is 42.2. The summed E-state index contributed by atoms with van der Waals surface area (Å²) in [6.07, 6.45) is -2.59. The number of carbonyl (C=O) groups is 1. The van der Waals surface area contributed by atoms with Gasteiger partial charge in [-0.25, -0.2) is 18.6 Å². The number of nitrogens with zero attached hydrogens (tertiary/aromatic N) is 1. The van der Waals surface area contributed by atoms with Crippen molar-refractivity contribution in [3.05, 3.63) is 23.3 Å². The topological polar surface area (TPSA) is 59.4 Å². The van der Waals surface area contributed by atoms with Gasteiger partial charge < -0.3 is 9.84 Å². The fourth-order valence-corrected chi connectivity index (χ4v) is 1.08. The van der Waals surface area contributed by atoms with Crippen LogP contribution in [-0.2, 0) is 4.74 Å². The molecule has 16 heavy (non-hydrogen) atoms. The van der Waals surface area contributed by atoms with Crippen molar-refractivity contribution >= 4 is 5.97 Å². The zero-order valence-corrected chi connectivity index (χ0v) is 8.21. The van der Waals surface area contributed by atoms with Crippen LogP contribution in [-0.4, -0.2) is 22.7 Å². The van der Waals surface area contributed by atoms with Gasteiger partial charge in [0.2, 0.25) is 0 Å². The number of carbonyl (C=O) groups excluding carboxylic acids is 1. The number of aromatic hydroxyl groups is 1. The van der Waals surface area contributed by atoms with Gasteiger partial charge in [0.1, 0.15) is 0 Å². The number of hydrogen-bond donors (Lipinski definition) is 1. The van der Waals surface area contributed by atoms with E-state index in [0.717, 1.165) is 0 Å². The van der Waals surface area contributed by atoms with Gasteiger partial charge in [-0.3, -0.25) is 0 Å². The van der Waals surface area contributed by atoms with E-state index >= 15 is 0 Å². The summed E-state index contributed by atoms with van der Waals surface area (Å²) in [6, 6.07) is 0. The van der Waals surface area contributed by atoms with Crippen molar-refractivity contribution < 1.29 is 27.8 Å². The number of alkyl halides is 2. The normalized spacial score (nSPS) is 10.6. The van der Waals surface area contributed by atoms with Crippen molar-refractivity contribution in [1.82, 2.24) is 4.98 Å². The van der Waals surface area contributed by atoms with Crippen LogP contribution >= 0.6 is 0 Å². The van der Waals surface area contributed by atoms with Crippen molar-refractivity contribution in [3.63, 3.8) is 0 Å². The smallest absolute Gasteiger partial charge is 0.340 e. The Morgan fingerprint density at radius 3 is 2.75 bits per heavy atom. The largest absolute Gasteiger partial charge is 0.503 e. The maximum atomic E-state index is 12.7. The molecule has 88 valence electrons. The molecule has 1 aromatic heterocycles. The van der Waals surface area contributed by atoms with Gasteiger partial charge in [-0.2, -0.15) is 4.39 Å². The molecule has 1 N–H and O–H groups in total. The third kappa shape index (κ3) is 2.23. The quantitative estimate of drug-likeness (QED) is 0.643. The second-order valence-corrected chi connectivity index (χ2v) is 2.75. The molecule has 0 aromatic carbocycles. The summed E-state index contributed by atoms with van der Waals surface area (Å²) >= 11 is 0. The van der Waals surface area contributed by atoms with Crippen LogP contribution < -0.4 is 0 Å². The molecule has 0 aliphatic rings. The Kier molecular flexibility index (Phi) is 3.70. The van der Waals surface area contributed by atoms with Crippen LogP contribution in [0.1, 0.15) is 29.3 Å². The highest BCUT2D eigenvalue weighted by Crippen LogP contribution is 2.32. The molecule has 1 aromatic rings. The minimum absolute atomic E-state index is 0.0281. The minimum atomic E-state index is -3.20. The van der Waals surface area contributed by atoms with Crippen molar-refractivity contribution in [3.8, 4) is 5.75 Å². The van der Waals surface area contributed by atoms with E-state index in [0.29, 0.717) is 6.20 Å². The van der Waals surface area contributed by atoms with Gasteiger partial charge in [0.25, 0.3) is 12.4 Å². The van der Waals surface area contributed by atoms with Crippen LogP contribution in [0.4, 0.5) is 13.2 Å². The first kappa shape index (κ1) is 12.3. The summed E-state index contributed by atoms with van der Waals surface area (Å²) in [5.41, 5.74) is -1.75. The highest BCUT2D eigenvalue weighted by molar-refractivity contribution is 5.91. The summed E-state index contributed by atoms with van der Waals surface area (Å²) in [4.78, 5) is 14.2. The Labute approximate surface area is 88.7 Å². The number of halogens is 3. The standard InChI is InChI=1S/C9H8F3NO3/c1-2-16-9(15)4-3-13-8(12)6(14)5(4)7(10)11/h3,7,14H,2H2,1H3. The van der Waals surface area contributed by atoms with E-state index in [4.69, 9.17) is 5.11 Å². The van der Waals surface area contributed by atoms with Crippen molar-refractivity contribution in [2.24, 2.45) is 0 Å². The fourth-order valence-electron chi connectivity index (χ4n) is 1.08. The van der Waals surface area contributed by atoms with E-state index in [1.807, 2.05) is 0 Å². The minimum Gasteiger partial charge on any atom is -0.503 e. The number of pyridine rings is 1. The average Bonchev–Trinajstić information content (AvgIpc) is 2.21. The summed E-state index contributed by atoms with van der Waals surface area (Å²) in [7, 11) is 0. The number of hydrogen-bond acceptors (Lipinski definition) is 4. The number of esters is 1. The van der Waals surface area contributed by atoms with Crippen LogP contribution in [0.2, 0.25) is 0 Å². The first-order valence-corrected chi connectivity index (χ1v) is 4.31. The Balaban J connectivity index is 3.28. The molecule has 0 atom stereocenters. The van der Waals surface area contributed by atoms with E-state index in [1.54, 1.807) is 0 Å². The lowest BCUT2D eigenvalue weighted by molar-refractivity contribution is 0.0512. The first-order chi connectivity index (χ1) is 7.49. The molecule has 1 heterocycles. The molecular weight excluding hydrogens is 227 g/mol. The number of ether oxygens (including phenoxy) is 1. The Morgan fingerprint density at radius 1 is 1.62 bits per heavy atom. The van der Waals surface area contributed by atoms with Gasteiger partial charge in [0.05, 0.1) is 17.7 Å². The predicted molar refractivity (Wildman–Crippen MR) is 46.8 cm³/mol. The molecule has 0 aliphatic heterocycles. The highest BCUT2D eigenvalue weighted by Gasteiger charge is 2.26. The Morgan fingerprint density at radius 2 is 2.25 bits per heavy atom. The zero-order valence-electron chi connectivity index (χ0n) is 8.21. The molecule has 0 amide bonds. The van der Waals surface area contributed by atoms with Gasteiger partial charge in [-0.1, -0.05) is 0 Å². The summed E-state index contributed by atoms with van der Waals surface area (Å²) in [6.45, 7) is 1.45. The molecule has 0 radical (unpaired) electrons. The second-order valence-electron chi connectivity index (χ2n) is 2.75. The molecule has 0 saturated carbocycles. The van der Waals surface area contributed by atoms with Crippen LogP contribution in [0.15, 0.2) is 6.20 Å². The third-order valence-corrected chi connectivity index (χ3v) is 1.76. The van der Waals surface area contributed by atoms with Gasteiger partial charge >= 0.3 is 5.97 Å². The molecule has 0 unspecified atom stereocenters. The maximum absolute atomic E-state index is 12.7. The van der Waals surface area contributed by atoms with Gasteiger partial charge in [-0.05, 0) is 6.92 Å². The van der Waals surface area contributed by atoms with Crippen molar-refractivity contribution in [1.29, 1.82) is 0 Å². The van der Waals surface area contributed by atoms with E-state index < -0.39 is 35.2 Å². The van der Waals surface area contributed by atoms with Crippen LogP contribution in [0.5, 0.6) is 5.75 Å². The molecular formula is C9H8F3NO3. The summed E-state index contributed by atoms with van der Waals surface area (Å²) in [5, 5.41) is 9.04. The maximum Gasteiger partial charge on any atom is 0.340 e. The van der Waals surface area contributed by atoms with Crippen molar-refractivity contribution in [2.75, 3.05) is 6.61 Å². The summed E-state index contributed by atoms with van der Waals surface area (Å²) in [5.74, 6) is -3.87. The van der Waals surface area contributed by atoms with Crippen LogP contribution in [0, 0.1) is 5.95 Å². The lowest BCUT2D eigenvalue weighted by atomic mass is 10.1. The lowest BCUT2D eigenvalue weighted by Gasteiger charge is -2.09. The van der Waals surface area contributed by atoms with Gasteiger partial charge in [0.15, 0.2) is 5.75 Å². The van der Waals surface area contributed by atoms with Gasteiger partial charge in [-0.15, -0.1) is 0 Å². The molecule has 0 aliphatic carbocycles. The molecule has 7 heteroatoms. The monoisotopic (exact) mass is 235 g/mol. The number of aromatic nitrogens is 1. The zero-order chi connectivity index (χ0) is 12.3. The first-order valence-electron chi connectivity index (χ1n) is 4.31. The molecule has 1 rings (SSSR count). The molecule has 0 saturated heterocycles. The molecule has 4 nitrogen and oxygen atoms in total. The van der Waals surface area contributed by atoms with Crippen LogP contribution in [0.25, 0.3) is 0 Å². The SMILES string of the molecule is CCOC(=O)c1cnc(F)c(O)c1C(F)F. The molecule has 0 spiro atoms. The average molecular weight is 235 g/mol. The highest BCUT2D eigenvalue weighted by atomic mass is 19.3. The fraction of sp³-hybridized carbons (Fsp3) is 0.333. The van der Waals surface area contributed by atoms with E-state index in [1.165, 1.54) is 6.92 Å². The molecule has 0 fully saturated rings. The Bertz CT molecular complexity index is 409. The van der Waals surface area contributed by atoms with E-state index in [9.17, 15) is 18.0 Å². The van der Waals surface area contributed by atoms with E-state index in [2.05, 4.69) is 9.72 Å². The van der Waals surface area contributed by atoms with Crippen LogP contribution in [0.3, 0.4) is 0 Å². The predicted octanol–water partition coefficient (Wildman–Crippen LogP) is 2.04. The third-order valence-electron chi connectivity index (χ3n) is 1.76. The second kappa shape index (κ2) is 4.82. The lowest BCUT2D eigenvalue weighted by Crippen LogP contribution is -2.10. The Hall–Kier alpha value is -1.79. The van der Waals surface area contributed by atoms with E-state index in [-0.39, 0.29) is 6.61 Å². The number of rotatable bonds is 3. The molecule has 0 bridgehead atoms. The van der Waals surface area contributed by atoms with Gasteiger partial charge in [0, 0.05) is 6.20 Å².